The molecule has 0 atom stereocenters. The number of hydrogen-bond donors (Lipinski definition) is 1. The Morgan fingerprint density at radius 1 is 0.952 bits per heavy atom. The molecule has 21 heavy (non-hydrogen) atoms. The van der Waals surface area contributed by atoms with E-state index in [0.717, 1.165) is 12.5 Å². The molecule has 2 saturated carbocycles. The van der Waals surface area contributed by atoms with Crippen LogP contribution in [-0.4, -0.2) is 6.04 Å². The molecule has 1 N–H and O–H groups in total. The Balaban J connectivity index is 1.56. The molecular formula is C20H31N. The Hall–Kier alpha value is -0.820. The molecule has 0 bridgehead atoms. The van der Waals surface area contributed by atoms with Crippen molar-refractivity contribution < 1.29 is 0 Å². The molecular weight excluding hydrogens is 254 g/mol. The van der Waals surface area contributed by atoms with E-state index < -0.39 is 0 Å². The lowest BCUT2D eigenvalue weighted by Crippen LogP contribution is -2.43. The van der Waals surface area contributed by atoms with Crippen LogP contribution < -0.4 is 5.32 Å². The van der Waals surface area contributed by atoms with E-state index in [1.165, 1.54) is 37.7 Å². The van der Waals surface area contributed by atoms with E-state index in [2.05, 4.69) is 57.3 Å². The SMILES string of the molecule is CC1(C)CC(NCc2ccc(C3CC3)cc2)CC(C)(C)C1. The maximum atomic E-state index is 3.81. The minimum absolute atomic E-state index is 0.468. The quantitative estimate of drug-likeness (QED) is 0.796. The summed E-state index contributed by atoms with van der Waals surface area (Å²) in [7, 11) is 0. The largest absolute Gasteiger partial charge is 0.310 e. The summed E-state index contributed by atoms with van der Waals surface area (Å²) in [4.78, 5) is 0. The first-order valence-corrected chi connectivity index (χ1v) is 8.65. The second-order valence-corrected chi connectivity index (χ2v) is 9.01. The van der Waals surface area contributed by atoms with Crippen molar-refractivity contribution in [2.75, 3.05) is 0 Å². The fraction of sp³-hybridized carbons (Fsp3) is 0.700. The van der Waals surface area contributed by atoms with Gasteiger partial charge in [0.1, 0.15) is 0 Å². The van der Waals surface area contributed by atoms with Gasteiger partial charge in [0, 0.05) is 12.6 Å². The fourth-order valence-electron chi connectivity index (χ4n) is 4.58. The molecule has 2 aliphatic carbocycles. The van der Waals surface area contributed by atoms with Gasteiger partial charge in [-0.1, -0.05) is 52.0 Å². The molecule has 116 valence electrons. The van der Waals surface area contributed by atoms with Crippen molar-refractivity contribution in [2.45, 2.75) is 78.3 Å². The molecule has 0 heterocycles. The van der Waals surface area contributed by atoms with Crippen LogP contribution in [0.1, 0.15) is 76.8 Å². The first-order chi connectivity index (χ1) is 9.83. The van der Waals surface area contributed by atoms with Gasteiger partial charge in [0.05, 0.1) is 0 Å². The molecule has 2 aliphatic rings. The van der Waals surface area contributed by atoms with E-state index in [1.54, 1.807) is 5.56 Å². The van der Waals surface area contributed by atoms with Gasteiger partial charge in [-0.05, 0) is 60.0 Å². The summed E-state index contributed by atoms with van der Waals surface area (Å²) in [6.45, 7) is 10.7. The van der Waals surface area contributed by atoms with E-state index >= 15 is 0 Å². The summed E-state index contributed by atoms with van der Waals surface area (Å²) in [5.74, 6) is 0.868. The van der Waals surface area contributed by atoms with Crippen molar-refractivity contribution in [1.82, 2.24) is 5.32 Å². The Kier molecular flexibility index (Phi) is 3.90. The predicted molar refractivity (Wildman–Crippen MR) is 90.5 cm³/mol. The van der Waals surface area contributed by atoms with Crippen molar-refractivity contribution in [3.8, 4) is 0 Å². The summed E-state index contributed by atoms with van der Waals surface area (Å²) in [6, 6.07) is 9.97. The molecule has 1 nitrogen and oxygen atoms in total. The maximum absolute atomic E-state index is 3.81. The van der Waals surface area contributed by atoms with Crippen LogP contribution in [0.15, 0.2) is 24.3 Å². The molecule has 2 fully saturated rings. The Labute approximate surface area is 130 Å². The average molecular weight is 285 g/mol. The molecule has 0 radical (unpaired) electrons. The third-order valence-corrected chi connectivity index (χ3v) is 5.18. The van der Waals surface area contributed by atoms with Gasteiger partial charge >= 0.3 is 0 Å². The lowest BCUT2D eigenvalue weighted by Gasteiger charge is -2.45. The monoisotopic (exact) mass is 285 g/mol. The molecule has 1 heteroatoms. The summed E-state index contributed by atoms with van der Waals surface area (Å²) in [5, 5.41) is 3.81. The van der Waals surface area contributed by atoms with Crippen LogP contribution in [0.25, 0.3) is 0 Å². The smallest absolute Gasteiger partial charge is 0.0208 e. The lowest BCUT2D eigenvalue weighted by molar-refractivity contribution is 0.0845. The maximum Gasteiger partial charge on any atom is 0.0208 e. The van der Waals surface area contributed by atoms with Crippen molar-refractivity contribution in [3.63, 3.8) is 0 Å². The minimum Gasteiger partial charge on any atom is -0.310 e. The summed E-state index contributed by atoms with van der Waals surface area (Å²) < 4.78 is 0. The van der Waals surface area contributed by atoms with Gasteiger partial charge in [0.2, 0.25) is 0 Å². The average Bonchev–Trinajstić information content (AvgIpc) is 3.17. The highest BCUT2D eigenvalue weighted by Gasteiger charge is 2.38. The molecule has 0 saturated heterocycles. The van der Waals surface area contributed by atoms with Crippen molar-refractivity contribution >= 4 is 0 Å². The third kappa shape index (κ3) is 4.10. The highest BCUT2D eigenvalue weighted by atomic mass is 14.9. The zero-order chi connectivity index (χ0) is 15.1. The standard InChI is InChI=1S/C20H31N/c1-19(2)11-18(12-20(3,4)14-19)21-13-15-5-7-16(8-6-15)17-9-10-17/h5-8,17-18,21H,9-14H2,1-4H3. The summed E-state index contributed by atoms with van der Waals surface area (Å²) in [6.07, 6.45) is 6.73. The lowest BCUT2D eigenvalue weighted by atomic mass is 9.63. The van der Waals surface area contributed by atoms with Crippen LogP contribution in [0.5, 0.6) is 0 Å². The minimum atomic E-state index is 0.468. The second kappa shape index (κ2) is 5.43. The normalized spacial score (nSPS) is 25.0. The number of hydrogen-bond acceptors (Lipinski definition) is 1. The van der Waals surface area contributed by atoms with Gasteiger partial charge in [-0.25, -0.2) is 0 Å². The molecule has 0 spiro atoms. The van der Waals surface area contributed by atoms with Crippen LogP contribution in [0.4, 0.5) is 0 Å². The first-order valence-electron chi connectivity index (χ1n) is 8.65. The third-order valence-electron chi connectivity index (χ3n) is 5.18. The van der Waals surface area contributed by atoms with Gasteiger partial charge < -0.3 is 5.32 Å². The van der Waals surface area contributed by atoms with Gasteiger partial charge in [-0.2, -0.15) is 0 Å². The topological polar surface area (TPSA) is 12.0 Å². The molecule has 3 rings (SSSR count). The zero-order valence-electron chi connectivity index (χ0n) is 14.2. The molecule has 0 aromatic heterocycles. The van der Waals surface area contributed by atoms with Gasteiger partial charge in [-0.3, -0.25) is 0 Å². The van der Waals surface area contributed by atoms with Gasteiger partial charge in [0.15, 0.2) is 0 Å². The number of rotatable bonds is 4. The Morgan fingerprint density at radius 2 is 1.52 bits per heavy atom. The molecule has 1 aromatic carbocycles. The van der Waals surface area contributed by atoms with E-state index in [9.17, 15) is 0 Å². The molecule has 0 aliphatic heterocycles. The number of nitrogens with one attached hydrogen (secondary N) is 1. The Morgan fingerprint density at radius 3 is 2.05 bits per heavy atom. The van der Waals surface area contributed by atoms with Crippen LogP contribution in [0.2, 0.25) is 0 Å². The Bertz CT molecular complexity index is 463. The number of benzene rings is 1. The van der Waals surface area contributed by atoms with Gasteiger partial charge in [0.25, 0.3) is 0 Å². The highest BCUT2D eigenvalue weighted by Crippen LogP contribution is 2.45. The van der Waals surface area contributed by atoms with E-state index in [0.29, 0.717) is 16.9 Å². The van der Waals surface area contributed by atoms with Crippen LogP contribution >= 0.6 is 0 Å². The summed E-state index contributed by atoms with van der Waals surface area (Å²) >= 11 is 0. The second-order valence-electron chi connectivity index (χ2n) is 9.01. The summed E-state index contributed by atoms with van der Waals surface area (Å²) in [5.41, 5.74) is 3.91. The van der Waals surface area contributed by atoms with Crippen molar-refractivity contribution in [1.29, 1.82) is 0 Å². The fourth-order valence-corrected chi connectivity index (χ4v) is 4.58. The van der Waals surface area contributed by atoms with Crippen LogP contribution in [0.3, 0.4) is 0 Å². The van der Waals surface area contributed by atoms with E-state index in [-0.39, 0.29) is 0 Å². The van der Waals surface area contributed by atoms with E-state index in [4.69, 9.17) is 0 Å². The van der Waals surface area contributed by atoms with Crippen LogP contribution in [0, 0.1) is 10.8 Å². The zero-order valence-corrected chi connectivity index (χ0v) is 14.2. The first kappa shape index (κ1) is 15.1. The molecule has 0 amide bonds. The van der Waals surface area contributed by atoms with Crippen molar-refractivity contribution in [3.05, 3.63) is 35.4 Å². The molecule has 0 unspecified atom stereocenters. The van der Waals surface area contributed by atoms with Crippen LogP contribution in [-0.2, 0) is 6.54 Å². The predicted octanol–water partition coefficient (Wildman–Crippen LogP) is 5.26. The molecule has 1 aromatic rings. The van der Waals surface area contributed by atoms with Gasteiger partial charge in [-0.15, -0.1) is 0 Å². The van der Waals surface area contributed by atoms with E-state index in [1.807, 2.05) is 0 Å². The highest BCUT2D eigenvalue weighted by molar-refractivity contribution is 5.28. The van der Waals surface area contributed by atoms with Crippen molar-refractivity contribution in [2.24, 2.45) is 10.8 Å².